The summed E-state index contributed by atoms with van der Waals surface area (Å²) in [5.41, 5.74) is 0.0535. The molecule has 0 saturated heterocycles. The molecular weight excluding hydrogens is 230 g/mol. The zero-order valence-electron chi connectivity index (χ0n) is 8.93. The molecule has 1 aliphatic heterocycles. The Labute approximate surface area is 97.5 Å². The molecule has 5 nitrogen and oxygen atoms in total. The molecule has 0 fully saturated rings. The van der Waals surface area contributed by atoms with Crippen LogP contribution < -0.4 is 0 Å². The second kappa shape index (κ2) is 5.69. The molecule has 6 heteroatoms. The van der Waals surface area contributed by atoms with Crippen molar-refractivity contribution in [1.29, 1.82) is 0 Å². The summed E-state index contributed by atoms with van der Waals surface area (Å²) in [5, 5.41) is 8.79. The van der Waals surface area contributed by atoms with Crippen LogP contribution in [0.1, 0.15) is 19.8 Å². The van der Waals surface area contributed by atoms with Crippen LogP contribution in [0.3, 0.4) is 0 Å². The van der Waals surface area contributed by atoms with E-state index in [9.17, 15) is 14.4 Å². The fraction of sp³-hybridized carbons (Fsp3) is 0.500. The zero-order chi connectivity index (χ0) is 12.1. The Morgan fingerprint density at radius 1 is 1.50 bits per heavy atom. The number of carbonyl (C=O) groups is 3. The van der Waals surface area contributed by atoms with Crippen molar-refractivity contribution >= 4 is 28.8 Å². The van der Waals surface area contributed by atoms with Gasteiger partial charge in [0.05, 0.1) is 0 Å². The number of nitrogens with zero attached hydrogens (tertiary/aromatic N) is 1. The smallest absolute Gasteiger partial charge is 0.352 e. The number of carbonyl (C=O) groups excluding carboxylic acids is 2. The van der Waals surface area contributed by atoms with Gasteiger partial charge in [-0.2, -0.15) is 0 Å². The first-order valence-corrected chi connectivity index (χ1v) is 5.88. The van der Waals surface area contributed by atoms with Crippen molar-refractivity contribution in [2.24, 2.45) is 0 Å². The van der Waals surface area contributed by atoms with Crippen molar-refractivity contribution in [2.75, 3.05) is 12.3 Å². The van der Waals surface area contributed by atoms with Crippen LogP contribution in [0.4, 0.5) is 0 Å². The maximum atomic E-state index is 11.6. The van der Waals surface area contributed by atoms with Gasteiger partial charge in [0.1, 0.15) is 5.70 Å². The minimum Gasteiger partial charge on any atom is -0.477 e. The van der Waals surface area contributed by atoms with Crippen molar-refractivity contribution in [3.05, 3.63) is 11.8 Å². The van der Waals surface area contributed by atoms with Gasteiger partial charge in [-0.15, -0.1) is 0 Å². The lowest BCUT2D eigenvalue weighted by molar-refractivity contribution is -0.139. The Hall–Kier alpha value is -1.30. The Morgan fingerprint density at radius 3 is 2.75 bits per heavy atom. The fourth-order valence-corrected chi connectivity index (χ4v) is 2.00. The number of aliphatic carboxylic acids is 1. The van der Waals surface area contributed by atoms with E-state index in [0.29, 0.717) is 18.7 Å². The molecule has 1 aliphatic rings. The van der Waals surface area contributed by atoms with E-state index in [-0.39, 0.29) is 23.1 Å². The summed E-state index contributed by atoms with van der Waals surface area (Å²) in [6.45, 7) is 1.86. The summed E-state index contributed by atoms with van der Waals surface area (Å²) in [6, 6.07) is 0. The summed E-state index contributed by atoms with van der Waals surface area (Å²) in [7, 11) is 0. The molecule has 0 aromatic heterocycles. The third-order valence-corrected chi connectivity index (χ3v) is 2.94. The van der Waals surface area contributed by atoms with Crippen LogP contribution in [0, 0.1) is 0 Å². The Balaban J connectivity index is 2.45. The second-order valence-electron chi connectivity index (χ2n) is 3.32. The average Bonchev–Trinajstić information content (AvgIpc) is 2.65. The third-order valence-electron chi connectivity index (χ3n) is 2.12. The molecule has 1 rings (SSSR count). The summed E-state index contributed by atoms with van der Waals surface area (Å²) in [4.78, 5) is 34.3. The van der Waals surface area contributed by atoms with E-state index in [2.05, 4.69) is 0 Å². The highest BCUT2D eigenvalue weighted by Crippen LogP contribution is 2.17. The minimum absolute atomic E-state index is 0.0387. The predicted molar refractivity (Wildman–Crippen MR) is 59.8 cm³/mol. The Kier molecular flexibility index (Phi) is 4.54. The highest BCUT2D eigenvalue weighted by Gasteiger charge is 2.26. The molecule has 0 spiro atoms. The third kappa shape index (κ3) is 3.37. The van der Waals surface area contributed by atoms with Crippen molar-refractivity contribution in [2.45, 2.75) is 19.8 Å². The molecule has 16 heavy (non-hydrogen) atoms. The average molecular weight is 243 g/mol. The molecule has 0 saturated carbocycles. The predicted octanol–water partition coefficient (Wildman–Crippen LogP) is 0.857. The van der Waals surface area contributed by atoms with E-state index in [4.69, 9.17) is 5.11 Å². The van der Waals surface area contributed by atoms with Gasteiger partial charge >= 0.3 is 5.97 Å². The first kappa shape index (κ1) is 12.8. The van der Waals surface area contributed by atoms with Gasteiger partial charge in [0, 0.05) is 25.6 Å². The number of rotatable bonds is 4. The largest absolute Gasteiger partial charge is 0.477 e. The van der Waals surface area contributed by atoms with E-state index in [0.717, 1.165) is 11.8 Å². The van der Waals surface area contributed by atoms with Gasteiger partial charge in [0.2, 0.25) is 5.91 Å². The quantitative estimate of drug-likeness (QED) is 0.792. The molecule has 0 atom stereocenters. The standard InChI is InChI=1S/C10H13NO4S/c1-7(12)16-6-4-9(13)11-5-2-3-8(11)10(14)15/h3H,2,4-6H2,1H3,(H,14,15). The van der Waals surface area contributed by atoms with Crippen LogP contribution in [-0.4, -0.2) is 39.3 Å². The normalized spacial score (nSPS) is 14.8. The van der Waals surface area contributed by atoms with E-state index in [1.54, 1.807) is 6.08 Å². The number of thioether (sulfide) groups is 1. The van der Waals surface area contributed by atoms with Crippen LogP contribution in [0.15, 0.2) is 11.8 Å². The SMILES string of the molecule is CC(=O)SCCC(=O)N1CCC=C1C(=O)O. The van der Waals surface area contributed by atoms with Crippen LogP contribution in [-0.2, 0) is 14.4 Å². The van der Waals surface area contributed by atoms with Gasteiger partial charge < -0.3 is 10.0 Å². The van der Waals surface area contributed by atoms with Gasteiger partial charge in [-0.3, -0.25) is 9.59 Å². The van der Waals surface area contributed by atoms with Crippen LogP contribution in [0.5, 0.6) is 0 Å². The Morgan fingerprint density at radius 2 is 2.19 bits per heavy atom. The lowest BCUT2D eigenvalue weighted by Crippen LogP contribution is -2.31. The van der Waals surface area contributed by atoms with Crippen LogP contribution in [0.2, 0.25) is 0 Å². The van der Waals surface area contributed by atoms with Crippen molar-refractivity contribution in [3.63, 3.8) is 0 Å². The molecule has 1 amide bonds. The van der Waals surface area contributed by atoms with E-state index >= 15 is 0 Å². The molecule has 1 heterocycles. The number of amides is 1. The first-order chi connectivity index (χ1) is 7.52. The molecule has 0 aromatic carbocycles. The highest BCUT2D eigenvalue weighted by molar-refractivity contribution is 8.13. The molecule has 0 aliphatic carbocycles. The zero-order valence-corrected chi connectivity index (χ0v) is 9.75. The first-order valence-electron chi connectivity index (χ1n) is 4.89. The Bertz CT molecular complexity index is 351. The van der Waals surface area contributed by atoms with Crippen molar-refractivity contribution in [3.8, 4) is 0 Å². The molecule has 0 aromatic rings. The van der Waals surface area contributed by atoms with Gasteiger partial charge in [0.25, 0.3) is 0 Å². The van der Waals surface area contributed by atoms with Gasteiger partial charge in [0.15, 0.2) is 5.12 Å². The lowest BCUT2D eigenvalue weighted by Gasteiger charge is -2.17. The van der Waals surface area contributed by atoms with Crippen LogP contribution in [0.25, 0.3) is 0 Å². The second-order valence-corrected chi connectivity index (χ2v) is 4.59. The highest BCUT2D eigenvalue weighted by atomic mass is 32.2. The summed E-state index contributed by atoms with van der Waals surface area (Å²) >= 11 is 1.07. The maximum absolute atomic E-state index is 11.6. The maximum Gasteiger partial charge on any atom is 0.352 e. The molecule has 88 valence electrons. The number of carboxylic acids is 1. The molecule has 0 radical (unpaired) electrons. The lowest BCUT2D eigenvalue weighted by atomic mass is 10.3. The molecule has 1 N–H and O–H groups in total. The van der Waals surface area contributed by atoms with Gasteiger partial charge in [-0.05, 0) is 6.42 Å². The molecule has 0 unspecified atom stereocenters. The summed E-state index contributed by atoms with van der Waals surface area (Å²) < 4.78 is 0. The fourth-order valence-electron chi connectivity index (χ4n) is 1.44. The van der Waals surface area contributed by atoms with Crippen LogP contribution >= 0.6 is 11.8 Å². The summed E-state index contributed by atoms with van der Waals surface area (Å²) in [5.74, 6) is -0.914. The monoisotopic (exact) mass is 243 g/mol. The molecular formula is C10H13NO4S. The molecule has 0 bridgehead atoms. The number of carboxylic acid groups (broad SMARTS) is 1. The summed E-state index contributed by atoms with van der Waals surface area (Å²) in [6.07, 6.45) is 2.31. The van der Waals surface area contributed by atoms with E-state index < -0.39 is 5.97 Å². The topological polar surface area (TPSA) is 74.7 Å². The van der Waals surface area contributed by atoms with Crippen molar-refractivity contribution < 1.29 is 19.5 Å². The number of hydrogen-bond acceptors (Lipinski definition) is 4. The van der Waals surface area contributed by atoms with Crippen molar-refractivity contribution in [1.82, 2.24) is 4.90 Å². The minimum atomic E-state index is -1.08. The van der Waals surface area contributed by atoms with Gasteiger partial charge in [-0.1, -0.05) is 17.8 Å². The van der Waals surface area contributed by atoms with E-state index in [1.165, 1.54) is 11.8 Å². The van der Waals surface area contributed by atoms with Gasteiger partial charge in [-0.25, -0.2) is 4.79 Å². The number of hydrogen-bond donors (Lipinski definition) is 1. The van der Waals surface area contributed by atoms with E-state index in [1.807, 2.05) is 0 Å².